The lowest BCUT2D eigenvalue weighted by atomic mass is 10.1. The van der Waals surface area contributed by atoms with Gasteiger partial charge in [-0.05, 0) is 24.3 Å². The van der Waals surface area contributed by atoms with E-state index in [2.05, 4.69) is 85.5 Å². The molecule has 0 aliphatic rings. The molecule has 0 N–H and O–H groups in total. The van der Waals surface area contributed by atoms with Gasteiger partial charge in [0.25, 0.3) is 0 Å². The van der Waals surface area contributed by atoms with Crippen LogP contribution in [0.5, 0.6) is 0 Å². The molecule has 0 atom stereocenters. The summed E-state index contributed by atoms with van der Waals surface area (Å²) in [5, 5.41) is 2.65. The number of rotatable bonds is 9. The molecule has 1 nitrogen and oxygen atoms in total. The molecule has 2 rings (SSSR count). The summed E-state index contributed by atoms with van der Waals surface area (Å²) in [4.78, 5) is 2.46. The number of anilines is 1. The lowest BCUT2D eigenvalue weighted by molar-refractivity contribution is 0.917. The molecule has 2 aromatic carbocycles. The molecule has 0 saturated carbocycles. The maximum Gasteiger partial charge on any atom is 0.0451 e. The first-order valence-electron chi connectivity index (χ1n) is 8.89. The quantitative estimate of drug-likeness (QED) is 0.487. The van der Waals surface area contributed by atoms with Gasteiger partial charge in [0.1, 0.15) is 0 Å². The van der Waals surface area contributed by atoms with Crippen LogP contribution in [0.4, 0.5) is 5.69 Å². The second kappa shape index (κ2) is 9.89. The third kappa shape index (κ3) is 5.28. The van der Waals surface area contributed by atoms with Crippen molar-refractivity contribution in [2.45, 2.75) is 39.5 Å². The Balaban J connectivity index is 2.23. The molecule has 0 bridgehead atoms. The van der Waals surface area contributed by atoms with Crippen molar-refractivity contribution in [2.24, 2.45) is 0 Å². The summed E-state index contributed by atoms with van der Waals surface area (Å²) in [6.45, 7) is 6.37. The van der Waals surface area contributed by atoms with Crippen LogP contribution in [0.1, 0.15) is 39.5 Å². The van der Waals surface area contributed by atoms with Gasteiger partial charge < -0.3 is 4.90 Å². The zero-order valence-electron chi connectivity index (χ0n) is 14.5. The molecule has 0 radical (unpaired) electrons. The predicted molar refractivity (Wildman–Crippen MR) is 104 cm³/mol. The van der Waals surface area contributed by atoms with Gasteiger partial charge in [-0.25, -0.2) is 0 Å². The molecule has 2 aromatic rings. The van der Waals surface area contributed by atoms with Gasteiger partial charge in [0.2, 0.25) is 0 Å². The van der Waals surface area contributed by atoms with Crippen LogP contribution in [-0.4, -0.2) is 13.1 Å². The van der Waals surface area contributed by atoms with Gasteiger partial charge in [0.15, 0.2) is 0 Å². The van der Waals surface area contributed by atoms with Crippen LogP contribution in [0.15, 0.2) is 66.8 Å². The fourth-order valence-electron chi connectivity index (χ4n) is 2.73. The molecule has 23 heavy (non-hydrogen) atoms. The minimum Gasteiger partial charge on any atom is -0.364 e. The van der Waals surface area contributed by atoms with Crippen LogP contribution in [0.3, 0.4) is 0 Å². The van der Waals surface area contributed by atoms with Gasteiger partial charge in [-0.2, -0.15) is 0 Å². The van der Waals surface area contributed by atoms with E-state index in [1.807, 2.05) is 0 Å². The van der Waals surface area contributed by atoms with E-state index in [-0.39, 0.29) is 0 Å². The Morgan fingerprint density at radius 1 is 0.739 bits per heavy atom. The molecule has 0 aromatic heterocycles. The molecule has 0 saturated heterocycles. The Morgan fingerprint density at radius 3 is 2.00 bits per heavy atom. The first-order chi connectivity index (χ1) is 11.4. The SMILES string of the molecule is CCC/C=C/CN(C/C=C/CCC)c1cccc2ccccc12. The maximum absolute atomic E-state index is 2.46. The Bertz CT molecular complexity index is 616. The van der Waals surface area contributed by atoms with E-state index in [1.165, 1.54) is 29.3 Å². The molecule has 0 fully saturated rings. The molecule has 0 aliphatic carbocycles. The highest BCUT2D eigenvalue weighted by molar-refractivity contribution is 5.94. The van der Waals surface area contributed by atoms with Gasteiger partial charge in [-0.1, -0.05) is 87.4 Å². The van der Waals surface area contributed by atoms with E-state index >= 15 is 0 Å². The molecule has 0 unspecified atom stereocenters. The maximum atomic E-state index is 2.46. The molecule has 0 amide bonds. The van der Waals surface area contributed by atoms with E-state index in [4.69, 9.17) is 0 Å². The van der Waals surface area contributed by atoms with E-state index in [0.29, 0.717) is 0 Å². The Hall–Kier alpha value is -2.02. The van der Waals surface area contributed by atoms with Crippen molar-refractivity contribution in [3.63, 3.8) is 0 Å². The zero-order valence-corrected chi connectivity index (χ0v) is 14.5. The second-order valence-electron chi connectivity index (χ2n) is 5.92. The number of nitrogens with zero attached hydrogens (tertiary/aromatic N) is 1. The number of allylic oxidation sites excluding steroid dienone is 2. The largest absolute Gasteiger partial charge is 0.364 e. The van der Waals surface area contributed by atoms with Crippen LogP contribution >= 0.6 is 0 Å². The summed E-state index contributed by atoms with van der Waals surface area (Å²) in [5.74, 6) is 0. The fraction of sp³-hybridized carbons (Fsp3) is 0.364. The van der Waals surface area contributed by atoms with Crippen LogP contribution < -0.4 is 4.90 Å². The first-order valence-corrected chi connectivity index (χ1v) is 8.89. The average Bonchev–Trinajstić information content (AvgIpc) is 2.60. The molecule has 1 heteroatoms. The number of hydrogen-bond acceptors (Lipinski definition) is 1. The third-order valence-corrected chi connectivity index (χ3v) is 4.00. The molecule has 0 spiro atoms. The van der Waals surface area contributed by atoms with Crippen LogP contribution in [-0.2, 0) is 0 Å². The van der Waals surface area contributed by atoms with Gasteiger partial charge in [-0.15, -0.1) is 0 Å². The highest BCUT2D eigenvalue weighted by Crippen LogP contribution is 2.26. The smallest absolute Gasteiger partial charge is 0.0451 e. The Morgan fingerprint density at radius 2 is 1.35 bits per heavy atom. The molecule has 122 valence electrons. The Kier molecular flexibility index (Phi) is 7.45. The minimum atomic E-state index is 0.963. The predicted octanol–water partition coefficient (Wildman–Crippen LogP) is 6.36. The molecule has 0 heterocycles. The Labute approximate surface area is 141 Å². The fourth-order valence-corrected chi connectivity index (χ4v) is 2.73. The van der Waals surface area contributed by atoms with Gasteiger partial charge >= 0.3 is 0 Å². The molecule has 0 aliphatic heterocycles. The summed E-state index contributed by atoms with van der Waals surface area (Å²) in [5.41, 5.74) is 1.32. The standard InChI is InChI=1S/C22H29N/c1-3-5-7-11-18-23(19-12-8-6-4-2)22-17-13-15-20-14-9-10-16-21(20)22/h7-17H,3-6,18-19H2,1-2H3/b11-7+,12-8+. The molecular formula is C22H29N. The monoisotopic (exact) mass is 307 g/mol. The topological polar surface area (TPSA) is 3.24 Å². The number of hydrogen-bond donors (Lipinski definition) is 0. The summed E-state index contributed by atoms with van der Waals surface area (Å²) < 4.78 is 0. The number of fused-ring (bicyclic) bond motifs is 1. The third-order valence-electron chi connectivity index (χ3n) is 4.00. The van der Waals surface area contributed by atoms with E-state index in [0.717, 1.165) is 25.9 Å². The number of benzene rings is 2. The summed E-state index contributed by atoms with van der Waals surface area (Å²) in [6.07, 6.45) is 14.0. The van der Waals surface area contributed by atoms with Crippen LogP contribution in [0.2, 0.25) is 0 Å². The van der Waals surface area contributed by atoms with Crippen molar-refractivity contribution < 1.29 is 0 Å². The highest BCUT2D eigenvalue weighted by atomic mass is 15.1. The zero-order chi connectivity index (χ0) is 16.3. The van der Waals surface area contributed by atoms with E-state index in [1.54, 1.807) is 0 Å². The summed E-state index contributed by atoms with van der Waals surface area (Å²) in [6, 6.07) is 15.2. The average molecular weight is 307 g/mol. The summed E-state index contributed by atoms with van der Waals surface area (Å²) >= 11 is 0. The van der Waals surface area contributed by atoms with Gasteiger partial charge in [-0.3, -0.25) is 0 Å². The normalized spacial score (nSPS) is 11.7. The van der Waals surface area contributed by atoms with Crippen molar-refractivity contribution in [3.05, 3.63) is 66.8 Å². The van der Waals surface area contributed by atoms with Crippen LogP contribution in [0, 0.1) is 0 Å². The minimum absolute atomic E-state index is 0.963. The lowest BCUT2D eigenvalue weighted by Crippen LogP contribution is -2.23. The van der Waals surface area contributed by atoms with Crippen molar-refractivity contribution in [1.29, 1.82) is 0 Å². The lowest BCUT2D eigenvalue weighted by Gasteiger charge is -2.23. The van der Waals surface area contributed by atoms with Crippen LogP contribution in [0.25, 0.3) is 10.8 Å². The highest BCUT2D eigenvalue weighted by Gasteiger charge is 2.07. The van der Waals surface area contributed by atoms with Crippen molar-refractivity contribution in [1.82, 2.24) is 0 Å². The van der Waals surface area contributed by atoms with Gasteiger partial charge in [0.05, 0.1) is 0 Å². The number of unbranched alkanes of at least 4 members (excludes halogenated alkanes) is 2. The van der Waals surface area contributed by atoms with Crippen molar-refractivity contribution in [3.8, 4) is 0 Å². The van der Waals surface area contributed by atoms with Crippen molar-refractivity contribution in [2.75, 3.05) is 18.0 Å². The first kappa shape index (κ1) is 17.3. The van der Waals surface area contributed by atoms with Crippen molar-refractivity contribution >= 4 is 16.5 Å². The molecular weight excluding hydrogens is 278 g/mol. The second-order valence-corrected chi connectivity index (χ2v) is 5.92. The van der Waals surface area contributed by atoms with E-state index < -0.39 is 0 Å². The summed E-state index contributed by atoms with van der Waals surface area (Å²) in [7, 11) is 0. The van der Waals surface area contributed by atoms with E-state index in [9.17, 15) is 0 Å². The van der Waals surface area contributed by atoms with Gasteiger partial charge in [0, 0.05) is 24.2 Å².